The summed E-state index contributed by atoms with van der Waals surface area (Å²) in [7, 11) is 0. The highest BCUT2D eigenvalue weighted by atomic mass is 32.2. The van der Waals surface area contributed by atoms with E-state index < -0.39 is 11.7 Å². The zero-order valence-electron chi connectivity index (χ0n) is 18.3. The summed E-state index contributed by atoms with van der Waals surface area (Å²) in [5.74, 6) is -0.519. The minimum absolute atomic E-state index is 0.00322. The molecule has 0 aliphatic carbocycles. The van der Waals surface area contributed by atoms with Gasteiger partial charge < -0.3 is 15.2 Å². The first-order valence-electron chi connectivity index (χ1n) is 10.6. The molecule has 9 heteroatoms. The second-order valence-electron chi connectivity index (χ2n) is 7.15. The summed E-state index contributed by atoms with van der Waals surface area (Å²) < 4.78 is 15.6. The molecule has 7 nitrogen and oxygen atoms in total. The van der Waals surface area contributed by atoms with Crippen molar-refractivity contribution in [2.75, 3.05) is 11.9 Å². The molecule has 3 rings (SSSR count). The summed E-state index contributed by atoms with van der Waals surface area (Å²) in [5, 5.41) is 14.4. The molecule has 0 bridgehead atoms. The molecule has 0 aliphatic heterocycles. The van der Waals surface area contributed by atoms with Gasteiger partial charge in [-0.05, 0) is 30.7 Å². The number of aromatic nitrogens is 3. The molecule has 0 fully saturated rings. The lowest BCUT2D eigenvalue weighted by atomic mass is 10.2. The van der Waals surface area contributed by atoms with Crippen LogP contribution in [0, 0.1) is 5.82 Å². The fourth-order valence-electron chi connectivity index (χ4n) is 3.13. The van der Waals surface area contributed by atoms with Gasteiger partial charge in [-0.1, -0.05) is 55.1 Å². The number of anilines is 1. The van der Waals surface area contributed by atoms with Gasteiger partial charge in [0.15, 0.2) is 5.16 Å². The van der Waals surface area contributed by atoms with E-state index in [0.717, 1.165) is 5.69 Å². The first-order chi connectivity index (χ1) is 16.0. The molecule has 33 heavy (non-hydrogen) atoms. The van der Waals surface area contributed by atoms with Gasteiger partial charge in [-0.3, -0.25) is 9.59 Å². The maximum Gasteiger partial charge on any atom is 0.254 e. The van der Waals surface area contributed by atoms with Crippen molar-refractivity contribution in [3.63, 3.8) is 0 Å². The molecule has 2 aromatic carbocycles. The molecule has 0 saturated heterocycles. The first-order valence-corrected chi connectivity index (χ1v) is 11.5. The molecular weight excluding hydrogens is 441 g/mol. The molecular formula is C24H26FN5O2S. The number of halogens is 1. The summed E-state index contributed by atoms with van der Waals surface area (Å²) in [5.41, 5.74) is 0.733. The molecule has 1 aromatic heterocycles. The third kappa shape index (κ3) is 6.52. The second-order valence-corrected chi connectivity index (χ2v) is 8.32. The van der Waals surface area contributed by atoms with Crippen LogP contribution in [0.25, 0.3) is 0 Å². The molecule has 0 spiro atoms. The van der Waals surface area contributed by atoms with Gasteiger partial charge in [0.2, 0.25) is 5.91 Å². The van der Waals surface area contributed by atoms with E-state index >= 15 is 0 Å². The predicted octanol–water partition coefficient (Wildman–Crippen LogP) is 4.09. The Morgan fingerprint density at radius 1 is 1.15 bits per heavy atom. The Hall–Kier alpha value is -3.46. The maximum absolute atomic E-state index is 13.8. The zero-order valence-corrected chi connectivity index (χ0v) is 19.1. The maximum atomic E-state index is 13.8. The molecule has 172 valence electrons. The van der Waals surface area contributed by atoms with E-state index in [2.05, 4.69) is 27.4 Å². The molecule has 0 radical (unpaired) electrons. The molecule has 2 N–H and O–H groups in total. The molecule has 3 aromatic rings. The average molecular weight is 468 g/mol. The van der Waals surface area contributed by atoms with Crippen molar-refractivity contribution < 1.29 is 14.0 Å². The standard InChI is InChI=1S/C24H26FN5O2S/c1-3-16-30-21(14-15-26-22(31)18-12-8-9-13-19(18)25)28-29-24(30)33-20(4-2)23(32)27-17-10-6-5-7-11-17/h3,5-13,20H,1,4,14-16H2,2H3,(H,26,31)(H,27,32)/t20-/m0/s1. The number of hydrogen-bond acceptors (Lipinski definition) is 5. The van der Waals surface area contributed by atoms with Crippen LogP contribution in [0.15, 0.2) is 72.4 Å². The number of thioether (sulfide) groups is 1. The highest BCUT2D eigenvalue weighted by Gasteiger charge is 2.22. The smallest absolute Gasteiger partial charge is 0.254 e. The number of amides is 2. The van der Waals surface area contributed by atoms with Crippen molar-refractivity contribution in [3.05, 3.63) is 84.5 Å². The Balaban J connectivity index is 1.64. The van der Waals surface area contributed by atoms with E-state index in [4.69, 9.17) is 0 Å². The van der Waals surface area contributed by atoms with Crippen LogP contribution in [0.2, 0.25) is 0 Å². The average Bonchev–Trinajstić information content (AvgIpc) is 3.19. The topological polar surface area (TPSA) is 88.9 Å². The normalized spacial score (nSPS) is 11.6. The number of para-hydroxylation sites is 1. The summed E-state index contributed by atoms with van der Waals surface area (Å²) in [6.45, 7) is 6.45. The van der Waals surface area contributed by atoms with Crippen LogP contribution in [-0.2, 0) is 17.8 Å². The van der Waals surface area contributed by atoms with Gasteiger partial charge in [-0.25, -0.2) is 4.39 Å². The fraction of sp³-hybridized carbons (Fsp3) is 0.250. The van der Waals surface area contributed by atoms with Crippen molar-refractivity contribution in [1.29, 1.82) is 0 Å². The summed E-state index contributed by atoms with van der Waals surface area (Å²) >= 11 is 1.33. The van der Waals surface area contributed by atoms with Crippen molar-refractivity contribution in [2.24, 2.45) is 0 Å². The third-order valence-electron chi connectivity index (χ3n) is 4.81. The number of benzene rings is 2. The van der Waals surface area contributed by atoms with E-state index in [1.807, 2.05) is 41.8 Å². The lowest BCUT2D eigenvalue weighted by Gasteiger charge is -2.15. The first kappa shape index (κ1) is 24.2. The summed E-state index contributed by atoms with van der Waals surface area (Å²) in [6.07, 6.45) is 2.73. The summed E-state index contributed by atoms with van der Waals surface area (Å²) in [6, 6.07) is 15.1. The van der Waals surface area contributed by atoms with E-state index in [1.54, 1.807) is 12.1 Å². The highest BCUT2D eigenvalue weighted by molar-refractivity contribution is 8.00. The van der Waals surface area contributed by atoms with Crippen molar-refractivity contribution in [1.82, 2.24) is 20.1 Å². The quantitative estimate of drug-likeness (QED) is 0.328. The Kier molecular flexibility index (Phi) is 8.77. The second kappa shape index (κ2) is 12.0. The minimum atomic E-state index is -0.567. The van der Waals surface area contributed by atoms with Crippen LogP contribution in [0.3, 0.4) is 0 Å². The fourth-order valence-corrected chi connectivity index (χ4v) is 4.11. The Bertz CT molecular complexity index is 1100. The molecule has 1 atom stereocenters. The number of allylic oxidation sites excluding steroid dienone is 1. The van der Waals surface area contributed by atoms with E-state index in [0.29, 0.717) is 30.4 Å². The minimum Gasteiger partial charge on any atom is -0.351 e. The van der Waals surface area contributed by atoms with Gasteiger partial charge in [0.1, 0.15) is 11.6 Å². The SMILES string of the molecule is C=CCn1c(CCNC(=O)c2ccccc2F)nnc1S[C@@H](CC)C(=O)Nc1ccccc1. The Morgan fingerprint density at radius 3 is 2.58 bits per heavy atom. The van der Waals surface area contributed by atoms with Crippen LogP contribution in [0.1, 0.15) is 29.5 Å². The van der Waals surface area contributed by atoms with Gasteiger partial charge in [-0.15, -0.1) is 16.8 Å². The van der Waals surface area contributed by atoms with Crippen LogP contribution < -0.4 is 10.6 Å². The Morgan fingerprint density at radius 2 is 1.88 bits per heavy atom. The predicted molar refractivity (Wildman–Crippen MR) is 128 cm³/mol. The van der Waals surface area contributed by atoms with Crippen LogP contribution >= 0.6 is 11.8 Å². The van der Waals surface area contributed by atoms with Gasteiger partial charge in [0, 0.05) is 25.2 Å². The molecule has 0 saturated carbocycles. The Labute approximate surface area is 196 Å². The third-order valence-corrected chi connectivity index (χ3v) is 6.15. The monoisotopic (exact) mass is 467 g/mol. The van der Waals surface area contributed by atoms with Crippen molar-refractivity contribution in [2.45, 2.75) is 36.7 Å². The highest BCUT2D eigenvalue weighted by Crippen LogP contribution is 2.26. The van der Waals surface area contributed by atoms with Gasteiger partial charge >= 0.3 is 0 Å². The van der Waals surface area contributed by atoms with Gasteiger partial charge in [0.25, 0.3) is 5.91 Å². The largest absolute Gasteiger partial charge is 0.351 e. The number of hydrogen-bond donors (Lipinski definition) is 2. The van der Waals surface area contributed by atoms with Gasteiger partial charge in [-0.2, -0.15) is 0 Å². The molecule has 0 aliphatic rings. The molecule has 0 unspecified atom stereocenters. The number of carbonyl (C=O) groups is 2. The van der Waals surface area contributed by atoms with Crippen LogP contribution in [-0.4, -0.2) is 38.4 Å². The summed E-state index contributed by atoms with van der Waals surface area (Å²) in [4.78, 5) is 25.0. The number of nitrogens with one attached hydrogen (secondary N) is 2. The number of rotatable bonds is 11. The van der Waals surface area contributed by atoms with E-state index in [9.17, 15) is 14.0 Å². The number of nitrogens with zero attached hydrogens (tertiary/aromatic N) is 3. The number of carbonyl (C=O) groups excluding carboxylic acids is 2. The van der Waals surface area contributed by atoms with Gasteiger partial charge in [0.05, 0.1) is 10.8 Å². The molecule has 1 heterocycles. The van der Waals surface area contributed by atoms with Crippen LogP contribution in [0.4, 0.5) is 10.1 Å². The lowest BCUT2D eigenvalue weighted by molar-refractivity contribution is -0.115. The van der Waals surface area contributed by atoms with E-state index in [-0.39, 0.29) is 23.3 Å². The van der Waals surface area contributed by atoms with E-state index in [1.165, 1.54) is 30.0 Å². The van der Waals surface area contributed by atoms with Crippen LogP contribution in [0.5, 0.6) is 0 Å². The lowest BCUT2D eigenvalue weighted by Crippen LogP contribution is -2.27. The zero-order chi connectivity index (χ0) is 23.6. The van der Waals surface area contributed by atoms with Crippen molar-refractivity contribution >= 4 is 29.3 Å². The van der Waals surface area contributed by atoms with Crippen molar-refractivity contribution in [3.8, 4) is 0 Å². The molecule has 2 amide bonds.